The van der Waals surface area contributed by atoms with Crippen molar-refractivity contribution >= 4 is 23.2 Å². The van der Waals surface area contributed by atoms with Gasteiger partial charge in [-0.1, -0.05) is 6.92 Å². The molecule has 3 fully saturated rings. The maximum absolute atomic E-state index is 13.4. The number of carboxylic acid groups (broad SMARTS) is 1. The molecule has 3 aromatic rings. The molecule has 2 bridgehead atoms. The summed E-state index contributed by atoms with van der Waals surface area (Å²) in [5, 5.41) is 9.95. The van der Waals surface area contributed by atoms with Crippen molar-refractivity contribution in [3.05, 3.63) is 58.4 Å². The van der Waals surface area contributed by atoms with E-state index in [-0.39, 0.29) is 40.3 Å². The molecule has 0 spiro atoms. The minimum Gasteiger partial charge on any atom is -0.490 e. The van der Waals surface area contributed by atoms with E-state index in [1.54, 1.807) is 29.1 Å². The number of fused-ring (bicyclic) bond motifs is 3. The number of imidazole rings is 1. The van der Waals surface area contributed by atoms with Crippen LogP contribution in [0.15, 0.2) is 41.6 Å². The number of aromatic nitrogens is 3. The summed E-state index contributed by atoms with van der Waals surface area (Å²) >= 11 is 0. The first-order valence-electron chi connectivity index (χ1n) is 13.8. The molecule has 3 aliphatic rings. The normalized spacial score (nSPS) is 26.2. The van der Waals surface area contributed by atoms with Crippen LogP contribution >= 0.6 is 0 Å². The van der Waals surface area contributed by atoms with E-state index in [0.29, 0.717) is 23.8 Å². The number of carboxylic acids is 1. The number of ether oxygens (including phenoxy) is 2. The van der Waals surface area contributed by atoms with Crippen LogP contribution in [0.3, 0.4) is 0 Å². The Kier molecular flexibility index (Phi) is 7.36. The molecule has 2 N–H and O–H groups in total. The van der Waals surface area contributed by atoms with Gasteiger partial charge in [0, 0.05) is 36.1 Å². The van der Waals surface area contributed by atoms with E-state index in [1.165, 1.54) is 0 Å². The number of anilines is 1. The van der Waals surface area contributed by atoms with Gasteiger partial charge in [-0.3, -0.25) is 9.59 Å². The molecular formula is C29H33F3N4O6. The number of nitrogens with zero attached hydrogens (tertiary/aromatic N) is 3. The quantitative estimate of drug-likeness (QED) is 0.416. The van der Waals surface area contributed by atoms with Crippen LogP contribution in [0.5, 0.6) is 5.75 Å². The molecule has 10 nitrogen and oxygen atoms in total. The van der Waals surface area contributed by atoms with Gasteiger partial charge in [-0.15, -0.1) is 0 Å². The third-order valence-electron chi connectivity index (χ3n) is 8.14. The van der Waals surface area contributed by atoms with Crippen molar-refractivity contribution in [2.24, 2.45) is 5.92 Å². The zero-order chi connectivity index (χ0) is 30.6. The molecule has 13 heteroatoms. The third-order valence-corrected chi connectivity index (χ3v) is 8.14. The molecule has 1 aliphatic heterocycles. The first-order valence-corrected chi connectivity index (χ1v) is 13.8. The predicted molar refractivity (Wildman–Crippen MR) is 146 cm³/mol. The Labute approximate surface area is 239 Å². The van der Waals surface area contributed by atoms with Crippen molar-refractivity contribution < 1.29 is 37.3 Å². The average molecular weight is 591 g/mol. The molecule has 3 aromatic heterocycles. The van der Waals surface area contributed by atoms with Gasteiger partial charge >= 0.3 is 12.1 Å². The highest BCUT2D eigenvalue weighted by molar-refractivity contribution is 6.06. The molecule has 6 rings (SSSR count). The maximum atomic E-state index is 13.4. The van der Waals surface area contributed by atoms with Crippen LogP contribution in [-0.4, -0.2) is 55.4 Å². The lowest BCUT2D eigenvalue weighted by atomic mass is 9.84. The van der Waals surface area contributed by atoms with Gasteiger partial charge in [-0.25, -0.2) is 9.78 Å². The first-order chi connectivity index (χ1) is 19.6. The van der Waals surface area contributed by atoms with Gasteiger partial charge in [0.1, 0.15) is 17.1 Å². The molecule has 226 valence electrons. The molecule has 0 unspecified atom stereocenters. The topological polar surface area (TPSA) is 124 Å². The van der Waals surface area contributed by atoms with Gasteiger partial charge in [0.05, 0.1) is 29.6 Å². The van der Waals surface area contributed by atoms with Gasteiger partial charge in [-0.05, 0) is 64.5 Å². The Morgan fingerprint density at radius 1 is 1.26 bits per heavy atom. The highest BCUT2D eigenvalue weighted by Gasteiger charge is 2.55. The fourth-order valence-corrected chi connectivity index (χ4v) is 5.79. The summed E-state index contributed by atoms with van der Waals surface area (Å²) < 4.78 is 47.4. The SMILES string of the molecule is CC(C)Oc1cc2nc([C@]34CC[C@](C)(C3)OC4)cn2cc1C(=O)Nc1cccn([C@H]2C[C@H]2C)c1=O.O=C(O)C(F)(F)F. The lowest BCUT2D eigenvalue weighted by molar-refractivity contribution is -0.192. The summed E-state index contributed by atoms with van der Waals surface area (Å²) in [5.74, 6) is -2.21. The number of hydrogen-bond acceptors (Lipinski definition) is 6. The minimum atomic E-state index is -5.08. The van der Waals surface area contributed by atoms with E-state index in [2.05, 4.69) is 19.2 Å². The summed E-state index contributed by atoms with van der Waals surface area (Å²) in [5.41, 5.74) is 2.04. The standard InChI is InChI=1S/C27H32N4O4.C2HF3O2/c1-16(2)35-21-11-23-29-22(27-8-7-26(4,14-27)34-15-27)13-30(23)12-18(21)24(32)28-19-6-5-9-31(25(19)33)20-10-17(20)3;3-2(4,5)1(6)7/h5-6,9,11-13,16-17,20H,7-8,10,14-15H2,1-4H3,(H,28,32);(H,6,7)/t17-,20+,26-,27-;/m1./s1. The molecule has 4 atom stereocenters. The van der Waals surface area contributed by atoms with E-state index >= 15 is 0 Å². The number of aliphatic carboxylic acids is 1. The van der Waals surface area contributed by atoms with Crippen LogP contribution < -0.4 is 15.6 Å². The summed E-state index contributed by atoms with van der Waals surface area (Å²) in [6.07, 6.45) is 4.38. The summed E-state index contributed by atoms with van der Waals surface area (Å²) in [6.45, 7) is 8.81. The molecular weight excluding hydrogens is 557 g/mol. The van der Waals surface area contributed by atoms with Crippen LogP contribution in [0.2, 0.25) is 0 Å². The van der Waals surface area contributed by atoms with Crippen molar-refractivity contribution in [1.82, 2.24) is 14.0 Å². The number of nitrogens with one attached hydrogen (secondary N) is 1. The van der Waals surface area contributed by atoms with Crippen molar-refractivity contribution in [2.75, 3.05) is 11.9 Å². The molecule has 1 amide bonds. The zero-order valence-electron chi connectivity index (χ0n) is 23.7. The van der Waals surface area contributed by atoms with Crippen molar-refractivity contribution in [2.45, 2.75) is 82.7 Å². The Hall–Kier alpha value is -3.87. The van der Waals surface area contributed by atoms with Crippen molar-refractivity contribution in [1.29, 1.82) is 0 Å². The second kappa shape index (κ2) is 10.4. The number of pyridine rings is 2. The monoisotopic (exact) mass is 590 g/mol. The number of amides is 1. The highest BCUT2D eigenvalue weighted by Crippen LogP contribution is 2.53. The van der Waals surface area contributed by atoms with Gasteiger partial charge in [-0.2, -0.15) is 13.2 Å². The molecule has 2 aliphatic carbocycles. The van der Waals surface area contributed by atoms with Crippen molar-refractivity contribution in [3.8, 4) is 5.75 Å². The highest BCUT2D eigenvalue weighted by atomic mass is 19.4. The molecule has 4 heterocycles. The van der Waals surface area contributed by atoms with Crippen LogP contribution in [0.4, 0.5) is 18.9 Å². The van der Waals surface area contributed by atoms with Crippen LogP contribution in [0, 0.1) is 5.92 Å². The number of halogens is 3. The minimum absolute atomic E-state index is 0.0619. The van der Waals surface area contributed by atoms with Gasteiger partial charge in [0.15, 0.2) is 0 Å². The molecule has 2 saturated carbocycles. The third kappa shape index (κ3) is 5.74. The molecule has 1 saturated heterocycles. The number of hydrogen-bond donors (Lipinski definition) is 2. The van der Waals surface area contributed by atoms with E-state index in [4.69, 9.17) is 24.4 Å². The fraction of sp³-hybridized carbons (Fsp3) is 0.517. The predicted octanol–water partition coefficient (Wildman–Crippen LogP) is 4.96. The van der Waals surface area contributed by atoms with E-state index in [0.717, 1.165) is 37.0 Å². The van der Waals surface area contributed by atoms with Crippen LogP contribution in [0.25, 0.3) is 5.65 Å². The smallest absolute Gasteiger partial charge is 0.490 e. The number of rotatable bonds is 6. The fourth-order valence-electron chi connectivity index (χ4n) is 5.79. The first kappa shape index (κ1) is 29.6. The van der Waals surface area contributed by atoms with E-state index in [1.807, 2.05) is 30.5 Å². The summed E-state index contributed by atoms with van der Waals surface area (Å²) in [7, 11) is 0. The van der Waals surface area contributed by atoms with Gasteiger partial charge in [0.2, 0.25) is 0 Å². The zero-order valence-corrected chi connectivity index (χ0v) is 23.7. The van der Waals surface area contributed by atoms with Crippen molar-refractivity contribution in [3.63, 3.8) is 0 Å². The molecule has 0 radical (unpaired) electrons. The summed E-state index contributed by atoms with van der Waals surface area (Å²) in [4.78, 5) is 40.2. The second-order valence-corrected chi connectivity index (χ2v) is 12.0. The Morgan fingerprint density at radius 2 is 1.95 bits per heavy atom. The largest absolute Gasteiger partial charge is 0.490 e. The number of alkyl halides is 3. The average Bonchev–Trinajstić information content (AvgIpc) is 3.22. The van der Waals surface area contributed by atoms with E-state index in [9.17, 15) is 22.8 Å². The van der Waals surface area contributed by atoms with E-state index < -0.39 is 12.1 Å². The Balaban J connectivity index is 0.000000451. The van der Waals surface area contributed by atoms with Gasteiger partial charge < -0.3 is 28.9 Å². The molecule has 0 aromatic carbocycles. The second-order valence-electron chi connectivity index (χ2n) is 12.0. The van der Waals surface area contributed by atoms with Gasteiger partial charge in [0.25, 0.3) is 11.5 Å². The molecule has 42 heavy (non-hydrogen) atoms. The maximum Gasteiger partial charge on any atom is 0.490 e. The lowest BCUT2D eigenvalue weighted by Crippen LogP contribution is -2.26. The summed E-state index contributed by atoms with van der Waals surface area (Å²) in [6, 6.07) is 5.47. The van der Waals surface area contributed by atoms with Crippen LogP contribution in [0.1, 0.15) is 75.5 Å². The Morgan fingerprint density at radius 3 is 2.48 bits per heavy atom. The number of carbonyl (C=O) groups is 2. The lowest BCUT2D eigenvalue weighted by Gasteiger charge is -2.24. The number of carbonyl (C=O) groups excluding carboxylic acids is 1. The van der Waals surface area contributed by atoms with Crippen LogP contribution in [-0.2, 0) is 14.9 Å². The Bertz CT molecular complexity index is 1590.